The van der Waals surface area contributed by atoms with Gasteiger partial charge in [-0.25, -0.2) is 14.6 Å². The van der Waals surface area contributed by atoms with Gasteiger partial charge in [-0.2, -0.15) is 0 Å². The zero-order chi connectivity index (χ0) is 28.3. The molecule has 1 fully saturated rings. The standard InChI is InChI=1S/C30H34N4O5S/c1-30(2,3)39-29(37)34-14-12-19(13-15-34)25-18-40-27(32-25)33-26(35)16-31-28(36)38-17-24-22-10-6-4-8-20(22)21-9-5-7-11-23(21)24/h4-11,18-19,24H,12-17H2,1-3H3,(H,31,36)(H,32,33,35). The van der Waals surface area contributed by atoms with Crippen molar-refractivity contribution in [1.82, 2.24) is 15.2 Å². The van der Waals surface area contributed by atoms with Gasteiger partial charge in [0.25, 0.3) is 0 Å². The van der Waals surface area contributed by atoms with Crippen LogP contribution in [0.2, 0.25) is 0 Å². The number of anilines is 1. The van der Waals surface area contributed by atoms with Crippen molar-refractivity contribution in [2.75, 3.05) is 31.6 Å². The smallest absolute Gasteiger partial charge is 0.410 e. The molecule has 1 aromatic heterocycles. The number of carbonyl (C=O) groups excluding carboxylic acids is 3. The van der Waals surface area contributed by atoms with Crippen molar-refractivity contribution < 1.29 is 23.9 Å². The van der Waals surface area contributed by atoms with Gasteiger partial charge in [-0.1, -0.05) is 48.5 Å². The maximum atomic E-state index is 12.4. The van der Waals surface area contributed by atoms with Crippen LogP contribution in [0.15, 0.2) is 53.9 Å². The van der Waals surface area contributed by atoms with Gasteiger partial charge in [-0.15, -0.1) is 11.3 Å². The van der Waals surface area contributed by atoms with Crippen molar-refractivity contribution in [2.45, 2.75) is 51.0 Å². The molecule has 40 heavy (non-hydrogen) atoms. The molecule has 3 aromatic rings. The number of hydrogen-bond acceptors (Lipinski definition) is 7. The first-order chi connectivity index (χ1) is 19.2. The van der Waals surface area contributed by atoms with Gasteiger partial charge in [0.15, 0.2) is 5.13 Å². The number of nitrogens with zero attached hydrogens (tertiary/aromatic N) is 2. The number of carbonyl (C=O) groups is 3. The highest BCUT2D eigenvalue weighted by Gasteiger charge is 2.30. The number of hydrogen-bond donors (Lipinski definition) is 2. The Kier molecular flexibility index (Phi) is 8.07. The molecule has 0 bridgehead atoms. The Morgan fingerprint density at radius 2 is 1.62 bits per heavy atom. The van der Waals surface area contributed by atoms with Crippen LogP contribution in [-0.4, -0.2) is 59.8 Å². The lowest BCUT2D eigenvalue weighted by Gasteiger charge is -2.32. The van der Waals surface area contributed by atoms with E-state index in [2.05, 4.69) is 39.9 Å². The minimum absolute atomic E-state index is 0.0447. The highest BCUT2D eigenvalue weighted by Crippen LogP contribution is 2.44. The van der Waals surface area contributed by atoms with Gasteiger partial charge in [0.05, 0.1) is 5.69 Å². The molecule has 2 aliphatic rings. The zero-order valence-corrected chi connectivity index (χ0v) is 23.8. The molecule has 0 radical (unpaired) electrons. The maximum Gasteiger partial charge on any atom is 0.410 e. The molecule has 1 aliphatic heterocycles. The van der Waals surface area contributed by atoms with Crippen LogP contribution in [0.5, 0.6) is 0 Å². The van der Waals surface area contributed by atoms with Crippen molar-refractivity contribution in [2.24, 2.45) is 0 Å². The fraction of sp³-hybridized carbons (Fsp3) is 0.400. The van der Waals surface area contributed by atoms with Crippen LogP contribution in [0.1, 0.15) is 62.3 Å². The Morgan fingerprint density at radius 1 is 1.00 bits per heavy atom. The SMILES string of the molecule is CC(C)(C)OC(=O)N1CCC(c2csc(NC(=O)CNC(=O)OCC3c4ccccc4-c4ccccc43)n2)CC1. The van der Waals surface area contributed by atoms with Crippen molar-refractivity contribution in [1.29, 1.82) is 0 Å². The van der Waals surface area contributed by atoms with E-state index in [1.807, 2.05) is 50.4 Å². The largest absolute Gasteiger partial charge is 0.449 e. The Balaban J connectivity index is 1.06. The highest BCUT2D eigenvalue weighted by atomic mass is 32.1. The second-order valence-electron chi connectivity index (χ2n) is 11.0. The average molecular weight is 563 g/mol. The van der Waals surface area contributed by atoms with Crippen molar-refractivity contribution in [3.05, 3.63) is 70.7 Å². The summed E-state index contributed by atoms with van der Waals surface area (Å²) >= 11 is 1.34. The lowest BCUT2D eigenvalue weighted by molar-refractivity contribution is -0.115. The lowest BCUT2D eigenvalue weighted by Crippen LogP contribution is -2.41. The summed E-state index contributed by atoms with van der Waals surface area (Å²) in [6, 6.07) is 16.3. The summed E-state index contributed by atoms with van der Waals surface area (Å²) in [7, 11) is 0. The summed E-state index contributed by atoms with van der Waals surface area (Å²) in [5, 5.41) is 7.69. The number of benzene rings is 2. The molecule has 0 unspecified atom stereocenters. The van der Waals surface area contributed by atoms with Gasteiger partial charge >= 0.3 is 12.2 Å². The Morgan fingerprint density at radius 3 is 2.25 bits per heavy atom. The van der Waals surface area contributed by atoms with Crippen LogP contribution in [0.25, 0.3) is 11.1 Å². The molecule has 0 atom stereocenters. The van der Waals surface area contributed by atoms with Crippen LogP contribution in [0.4, 0.5) is 14.7 Å². The fourth-order valence-electron chi connectivity index (χ4n) is 5.18. The maximum absolute atomic E-state index is 12.4. The molecule has 210 valence electrons. The number of aromatic nitrogens is 1. The van der Waals surface area contributed by atoms with Crippen LogP contribution in [0, 0.1) is 0 Å². The minimum Gasteiger partial charge on any atom is -0.449 e. The summed E-state index contributed by atoms with van der Waals surface area (Å²) in [5.41, 5.74) is 4.95. The number of likely N-dealkylation sites (tertiary alicyclic amines) is 1. The molecular formula is C30H34N4O5S. The minimum atomic E-state index is -0.645. The molecule has 5 rings (SSSR count). The third-order valence-electron chi connectivity index (χ3n) is 7.07. The molecule has 1 aliphatic carbocycles. The third-order valence-corrected chi connectivity index (χ3v) is 7.85. The zero-order valence-electron chi connectivity index (χ0n) is 22.9. The van der Waals surface area contributed by atoms with Gasteiger partial charge in [0.1, 0.15) is 18.8 Å². The van der Waals surface area contributed by atoms with Gasteiger partial charge in [0, 0.05) is 30.3 Å². The Hall–Kier alpha value is -3.92. The third kappa shape index (κ3) is 6.44. The normalized spacial score (nSPS) is 15.2. The molecular weight excluding hydrogens is 528 g/mol. The fourth-order valence-corrected chi connectivity index (χ4v) is 5.99. The molecule has 1 saturated heterocycles. The van der Waals surface area contributed by atoms with E-state index >= 15 is 0 Å². The Bertz CT molecular complexity index is 1340. The van der Waals surface area contributed by atoms with Crippen molar-refractivity contribution >= 4 is 34.6 Å². The predicted octanol–water partition coefficient (Wildman–Crippen LogP) is 5.73. The first-order valence-electron chi connectivity index (χ1n) is 13.5. The molecule has 3 amide bonds. The van der Waals surface area contributed by atoms with E-state index in [1.54, 1.807) is 4.90 Å². The van der Waals surface area contributed by atoms with Crippen LogP contribution in [0.3, 0.4) is 0 Å². The van der Waals surface area contributed by atoms with Crippen LogP contribution in [-0.2, 0) is 14.3 Å². The first-order valence-corrected chi connectivity index (χ1v) is 14.4. The lowest BCUT2D eigenvalue weighted by atomic mass is 9.94. The van der Waals surface area contributed by atoms with Crippen LogP contribution >= 0.6 is 11.3 Å². The van der Waals surface area contributed by atoms with Gasteiger partial charge < -0.3 is 25.0 Å². The summed E-state index contributed by atoms with van der Waals surface area (Å²) in [5.74, 6) is -0.217. The van der Waals surface area contributed by atoms with Gasteiger partial charge in [0.2, 0.25) is 5.91 Å². The summed E-state index contributed by atoms with van der Waals surface area (Å²) in [6.45, 7) is 6.73. The number of alkyl carbamates (subject to hydrolysis) is 1. The monoisotopic (exact) mass is 562 g/mol. The second kappa shape index (κ2) is 11.7. The number of fused-ring (bicyclic) bond motifs is 3. The predicted molar refractivity (Wildman–Crippen MR) is 154 cm³/mol. The molecule has 2 aromatic carbocycles. The topological polar surface area (TPSA) is 110 Å². The van der Waals surface area contributed by atoms with E-state index in [0.29, 0.717) is 18.2 Å². The summed E-state index contributed by atoms with van der Waals surface area (Å²) in [6.07, 6.45) is 0.619. The van der Waals surface area contributed by atoms with Crippen molar-refractivity contribution in [3.63, 3.8) is 0 Å². The first kappa shape index (κ1) is 27.6. The van der Waals surface area contributed by atoms with Crippen molar-refractivity contribution in [3.8, 4) is 11.1 Å². The molecule has 0 saturated carbocycles. The van der Waals surface area contributed by atoms with E-state index in [1.165, 1.54) is 11.3 Å². The summed E-state index contributed by atoms with van der Waals surface area (Å²) in [4.78, 5) is 43.4. The molecule has 9 nitrogen and oxygen atoms in total. The number of thiazole rings is 1. The summed E-state index contributed by atoms with van der Waals surface area (Å²) < 4.78 is 11.0. The number of rotatable bonds is 6. The van der Waals surface area contributed by atoms with E-state index in [4.69, 9.17) is 9.47 Å². The second-order valence-corrected chi connectivity index (χ2v) is 11.9. The van der Waals surface area contributed by atoms with E-state index in [0.717, 1.165) is 40.8 Å². The highest BCUT2D eigenvalue weighted by molar-refractivity contribution is 7.13. The van der Waals surface area contributed by atoms with Gasteiger partial charge in [-0.05, 0) is 55.9 Å². The number of amides is 3. The van der Waals surface area contributed by atoms with Gasteiger partial charge in [-0.3, -0.25) is 4.79 Å². The number of nitrogens with one attached hydrogen (secondary N) is 2. The van der Waals surface area contributed by atoms with E-state index < -0.39 is 11.7 Å². The molecule has 2 N–H and O–H groups in total. The average Bonchev–Trinajstić information content (AvgIpc) is 3.52. The molecule has 0 spiro atoms. The Labute approximate surface area is 237 Å². The van der Waals surface area contributed by atoms with Crippen LogP contribution < -0.4 is 10.6 Å². The van der Waals surface area contributed by atoms with E-state index in [-0.39, 0.29) is 37.0 Å². The molecule has 2 heterocycles. The number of piperidine rings is 1. The number of ether oxygens (including phenoxy) is 2. The quantitative estimate of drug-likeness (QED) is 0.397. The van der Waals surface area contributed by atoms with E-state index in [9.17, 15) is 14.4 Å². The molecule has 10 heteroatoms.